The molecule has 0 fully saturated rings. The third kappa shape index (κ3) is 2.66. The second-order valence-electron chi connectivity index (χ2n) is 5.60. The molecule has 114 valence electrons. The Kier molecular flexibility index (Phi) is 3.79. The number of methoxy groups -OCH3 is 1. The van der Waals surface area contributed by atoms with Crippen molar-refractivity contribution < 1.29 is 14.6 Å². The molecule has 0 aliphatic carbocycles. The van der Waals surface area contributed by atoms with E-state index in [9.17, 15) is 5.11 Å². The lowest BCUT2D eigenvalue weighted by atomic mass is 9.95. The minimum atomic E-state index is -0.442. The lowest BCUT2D eigenvalue weighted by molar-refractivity contribution is 0.189. The van der Waals surface area contributed by atoms with Gasteiger partial charge in [-0.15, -0.1) is 0 Å². The molecule has 0 bridgehead atoms. The highest BCUT2D eigenvalue weighted by Crippen LogP contribution is 2.49. The summed E-state index contributed by atoms with van der Waals surface area (Å²) in [4.78, 5) is 1.16. The van der Waals surface area contributed by atoms with Crippen LogP contribution >= 0.6 is 11.8 Å². The molecule has 4 heteroatoms. The molecule has 3 nitrogen and oxygen atoms in total. The van der Waals surface area contributed by atoms with Crippen LogP contribution in [0.25, 0.3) is 5.57 Å². The lowest BCUT2D eigenvalue weighted by Crippen LogP contribution is -2.23. The van der Waals surface area contributed by atoms with E-state index < -0.39 is 5.60 Å². The molecule has 0 saturated carbocycles. The van der Waals surface area contributed by atoms with Gasteiger partial charge < -0.3 is 14.6 Å². The number of hydrogen-bond acceptors (Lipinski definition) is 4. The summed E-state index contributed by atoms with van der Waals surface area (Å²) in [7, 11) is 1.53. The molecule has 0 spiro atoms. The Balaban J connectivity index is 2.00. The number of benzene rings is 2. The largest absolute Gasteiger partial charge is 0.504 e. The maximum absolute atomic E-state index is 10.0. The van der Waals surface area contributed by atoms with Crippen LogP contribution in [0.3, 0.4) is 0 Å². The predicted molar refractivity (Wildman–Crippen MR) is 89.6 cm³/mol. The van der Waals surface area contributed by atoms with Gasteiger partial charge in [0.15, 0.2) is 11.5 Å². The SMILES string of the molecule is COc1cc2c(cc1O)/C(=C/Sc1ccccc1)C(C)(C)O2. The zero-order valence-corrected chi connectivity index (χ0v) is 13.6. The molecule has 1 N–H and O–H groups in total. The minimum Gasteiger partial charge on any atom is -0.504 e. The zero-order chi connectivity index (χ0) is 15.7. The summed E-state index contributed by atoms with van der Waals surface area (Å²) in [5.41, 5.74) is 1.52. The van der Waals surface area contributed by atoms with Gasteiger partial charge >= 0.3 is 0 Å². The Morgan fingerprint density at radius 1 is 1.18 bits per heavy atom. The fourth-order valence-electron chi connectivity index (χ4n) is 2.49. The Labute approximate surface area is 134 Å². The fraction of sp³-hybridized carbons (Fsp3) is 0.222. The molecular formula is C18H18O3S. The Morgan fingerprint density at radius 2 is 1.91 bits per heavy atom. The van der Waals surface area contributed by atoms with Crippen molar-refractivity contribution in [2.75, 3.05) is 7.11 Å². The maximum atomic E-state index is 10.0. The fourth-order valence-corrected chi connectivity index (χ4v) is 3.47. The molecule has 0 unspecified atom stereocenters. The van der Waals surface area contributed by atoms with E-state index in [1.165, 1.54) is 7.11 Å². The maximum Gasteiger partial charge on any atom is 0.164 e. The van der Waals surface area contributed by atoms with Gasteiger partial charge in [0.25, 0.3) is 0 Å². The zero-order valence-electron chi connectivity index (χ0n) is 12.8. The number of hydrogen-bond donors (Lipinski definition) is 1. The van der Waals surface area contributed by atoms with E-state index in [4.69, 9.17) is 9.47 Å². The molecule has 22 heavy (non-hydrogen) atoms. The Hall–Kier alpha value is -2.07. The van der Waals surface area contributed by atoms with Crippen molar-refractivity contribution in [3.8, 4) is 17.2 Å². The van der Waals surface area contributed by atoms with Crippen LogP contribution in [-0.2, 0) is 0 Å². The normalized spacial score (nSPS) is 17.1. The van der Waals surface area contributed by atoms with Crippen molar-refractivity contribution in [1.82, 2.24) is 0 Å². The van der Waals surface area contributed by atoms with E-state index >= 15 is 0 Å². The third-order valence-corrected chi connectivity index (χ3v) is 4.54. The smallest absolute Gasteiger partial charge is 0.164 e. The Bertz CT molecular complexity index is 721. The average molecular weight is 314 g/mol. The number of phenols is 1. The first kappa shape index (κ1) is 14.9. The van der Waals surface area contributed by atoms with Crippen molar-refractivity contribution in [3.05, 3.63) is 53.4 Å². The molecule has 0 amide bonds. The number of rotatable bonds is 3. The summed E-state index contributed by atoms with van der Waals surface area (Å²) in [5.74, 6) is 1.28. The van der Waals surface area contributed by atoms with Gasteiger partial charge in [-0.3, -0.25) is 0 Å². The van der Waals surface area contributed by atoms with Gasteiger partial charge in [0.2, 0.25) is 0 Å². The predicted octanol–water partition coefficient (Wildman–Crippen LogP) is 4.71. The molecule has 0 saturated heterocycles. The van der Waals surface area contributed by atoms with Crippen LogP contribution in [-0.4, -0.2) is 17.8 Å². The van der Waals surface area contributed by atoms with Crippen molar-refractivity contribution in [3.63, 3.8) is 0 Å². The van der Waals surface area contributed by atoms with Gasteiger partial charge in [-0.1, -0.05) is 30.0 Å². The van der Waals surface area contributed by atoms with Crippen molar-refractivity contribution >= 4 is 17.3 Å². The summed E-state index contributed by atoms with van der Waals surface area (Å²) < 4.78 is 11.2. The molecule has 2 aromatic carbocycles. The van der Waals surface area contributed by atoms with E-state index in [-0.39, 0.29) is 5.75 Å². The molecule has 2 aromatic rings. The van der Waals surface area contributed by atoms with Crippen molar-refractivity contribution in [2.24, 2.45) is 0 Å². The number of ether oxygens (including phenoxy) is 2. The second-order valence-corrected chi connectivity index (χ2v) is 6.54. The number of phenolic OH excluding ortho intramolecular Hbond substituents is 1. The number of aromatic hydroxyl groups is 1. The van der Waals surface area contributed by atoms with E-state index in [2.05, 4.69) is 17.5 Å². The first-order valence-electron chi connectivity index (χ1n) is 7.04. The number of fused-ring (bicyclic) bond motifs is 1. The highest BCUT2D eigenvalue weighted by Gasteiger charge is 2.36. The van der Waals surface area contributed by atoms with Crippen LogP contribution in [0.15, 0.2) is 52.8 Å². The lowest BCUT2D eigenvalue weighted by Gasteiger charge is -2.19. The molecule has 0 aromatic heterocycles. The van der Waals surface area contributed by atoms with Gasteiger partial charge in [0.05, 0.1) is 7.11 Å². The molecule has 0 atom stereocenters. The first-order chi connectivity index (χ1) is 10.5. The third-order valence-electron chi connectivity index (χ3n) is 3.64. The van der Waals surface area contributed by atoms with Crippen LogP contribution in [0, 0.1) is 0 Å². The van der Waals surface area contributed by atoms with E-state index in [0.29, 0.717) is 5.75 Å². The van der Waals surface area contributed by atoms with E-state index in [1.54, 1.807) is 23.9 Å². The van der Waals surface area contributed by atoms with Crippen molar-refractivity contribution in [2.45, 2.75) is 24.3 Å². The molecule has 1 aliphatic heterocycles. The second kappa shape index (κ2) is 5.61. The van der Waals surface area contributed by atoms with Crippen LogP contribution in [0.5, 0.6) is 17.2 Å². The molecular weight excluding hydrogens is 296 g/mol. The average Bonchev–Trinajstić information content (AvgIpc) is 2.74. The Morgan fingerprint density at radius 3 is 2.59 bits per heavy atom. The topological polar surface area (TPSA) is 38.7 Å². The quantitative estimate of drug-likeness (QED) is 0.833. The summed E-state index contributed by atoms with van der Waals surface area (Å²) >= 11 is 1.64. The number of thioether (sulfide) groups is 1. The van der Waals surface area contributed by atoms with Gasteiger partial charge in [-0.2, -0.15) is 0 Å². The van der Waals surface area contributed by atoms with Crippen LogP contribution in [0.4, 0.5) is 0 Å². The van der Waals surface area contributed by atoms with Gasteiger partial charge in [-0.25, -0.2) is 0 Å². The van der Waals surface area contributed by atoms with Crippen LogP contribution in [0.1, 0.15) is 19.4 Å². The summed E-state index contributed by atoms with van der Waals surface area (Å²) in [6, 6.07) is 13.6. The van der Waals surface area contributed by atoms with Gasteiger partial charge in [-0.05, 0) is 37.5 Å². The monoisotopic (exact) mass is 314 g/mol. The first-order valence-corrected chi connectivity index (χ1v) is 7.92. The van der Waals surface area contributed by atoms with Gasteiger partial charge in [0, 0.05) is 22.1 Å². The summed E-state index contributed by atoms with van der Waals surface area (Å²) in [6.07, 6.45) is 0. The molecule has 0 radical (unpaired) electrons. The summed E-state index contributed by atoms with van der Waals surface area (Å²) in [6.45, 7) is 4.04. The van der Waals surface area contributed by atoms with Crippen LogP contribution < -0.4 is 9.47 Å². The molecule has 3 rings (SSSR count). The van der Waals surface area contributed by atoms with Gasteiger partial charge in [0.1, 0.15) is 11.4 Å². The highest BCUT2D eigenvalue weighted by atomic mass is 32.2. The van der Waals surface area contributed by atoms with Crippen LogP contribution in [0.2, 0.25) is 0 Å². The van der Waals surface area contributed by atoms with Crippen molar-refractivity contribution in [1.29, 1.82) is 0 Å². The highest BCUT2D eigenvalue weighted by molar-refractivity contribution is 8.02. The summed E-state index contributed by atoms with van der Waals surface area (Å²) in [5, 5.41) is 12.1. The van der Waals surface area contributed by atoms with E-state index in [0.717, 1.165) is 21.8 Å². The standard InChI is InChI=1S/C18H18O3S/c1-18(2)14(11-22-12-7-5-4-6-8-12)13-9-15(19)17(20-3)10-16(13)21-18/h4-11,19H,1-3H3/b14-11-. The molecule has 1 aliphatic rings. The van der Waals surface area contributed by atoms with E-state index in [1.807, 2.05) is 32.0 Å². The molecule has 1 heterocycles. The minimum absolute atomic E-state index is 0.123.